The van der Waals surface area contributed by atoms with E-state index in [1.165, 1.54) is 25.9 Å². The van der Waals surface area contributed by atoms with Crippen molar-refractivity contribution in [2.75, 3.05) is 25.0 Å². The third kappa shape index (κ3) is 3.28. The summed E-state index contributed by atoms with van der Waals surface area (Å²) in [5.74, 6) is 0.687. The summed E-state index contributed by atoms with van der Waals surface area (Å²) in [7, 11) is 0. The fourth-order valence-corrected chi connectivity index (χ4v) is 2.14. The van der Waals surface area contributed by atoms with Crippen LogP contribution in [0.2, 0.25) is 5.28 Å². The van der Waals surface area contributed by atoms with Crippen molar-refractivity contribution in [3.05, 3.63) is 11.5 Å². The van der Waals surface area contributed by atoms with Gasteiger partial charge in [-0.1, -0.05) is 0 Å². The number of nitrogens with zero attached hydrogens (tertiary/aromatic N) is 4. The number of nitrogens with one attached hydrogen (secondary N) is 1. The number of halogens is 1. The molecule has 88 valence electrons. The highest BCUT2D eigenvalue weighted by Crippen LogP contribution is 2.10. The maximum Gasteiger partial charge on any atom is 0.244 e. The highest BCUT2D eigenvalue weighted by molar-refractivity contribution is 6.28. The maximum atomic E-state index is 5.66. The highest BCUT2D eigenvalue weighted by Gasteiger charge is 2.14. The number of aromatic nitrogens is 3. The predicted octanol–water partition coefficient (Wildman–Crippen LogP) is 1.42. The minimum atomic E-state index is 0.179. The molecule has 1 unspecified atom stereocenters. The summed E-state index contributed by atoms with van der Waals surface area (Å²) < 4.78 is 0. The van der Waals surface area contributed by atoms with E-state index in [-0.39, 0.29) is 5.28 Å². The first kappa shape index (κ1) is 11.5. The lowest BCUT2D eigenvalue weighted by molar-refractivity contribution is 0.327. The van der Waals surface area contributed by atoms with Crippen LogP contribution in [0, 0.1) is 0 Å². The zero-order valence-electron chi connectivity index (χ0n) is 9.36. The van der Waals surface area contributed by atoms with Gasteiger partial charge < -0.3 is 10.2 Å². The molecular weight excluding hydrogens is 226 g/mol. The Kier molecular flexibility index (Phi) is 3.90. The van der Waals surface area contributed by atoms with Gasteiger partial charge in [0.1, 0.15) is 5.82 Å². The molecule has 0 radical (unpaired) electrons. The van der Waals surface area contributed by atoms with Crippen LogP contribution in [0.5, 0.6) is 0 Å². The summed E-state index contributed by atoms with van der Waals surface area (Å²) in [6.45, 7) is 5.57. The van der Waals surface area contributed by atoms with Crippen LogP contribution in [0.3, 0.4) is 0 Å². The monoisotopic (exact) mass is 241 g/mol. The van der Waals surface area contributed by atoms with Crippen LogP contribution in [-0.2, 0) is 0 Å². The quantitative estimate of drug-likeness (QED) is 0.864. The minimum Gasteiger partial charge on any atom is -0.365 e. The first-order valence-electron chi connectivity index (χ1n) is 5.58. The van der Waals surface area contributed by atoms with Crippen LogP contribution < -0.4 is 5.32 Å². The molecule has 1 saturated heterocycles. The minimum absolute atomic E-state index is 0.179. The first-order valence-corrected chi connectivity index (χ1v) is 5.96. The van der Waals surface area contributed by atoms with Gasteiger partial charge in [0.2, 0.25) is 5.28 Å². The highest BCUT2D eigenvalue weighted by atomic mass is 35.5. The Morgan fingerprint density at radius 2 is 2.25 bits per heavy atom. The number of anilines is 1. The molecule has 1 atom stereocenters. The molecule has 16 heavy (non-hydrogen) atoms. The van der Waals surface area contributed by atoms with Crippen LogP contribution >= 0.6 is 11.6 Å². The SMILES string of the molecule is CC(CN1CCCC1)Nc1cnnc(Cl)n1. The van der Waals surface area contributed by atoms with Crippen molar-refractivity contribution in [2.24, 2.45) is 0 Å². The second-order valence-corrected chi connectivity index (χ2v) is 4.50. The molecule has 1 aliphatic rings. The molecule has 0 aromatic carbocycles. The van der Waals surface area contributed by atoms with E-state index >= 15 is 0 Å². The fraction of sp³-hybridized carbons (Fsp3) is 0.700. The van der Waals surface area contributed by atoms with Gasteiger partial charge in [-0.05, 0) is 44.5 Å². The van der Waals surface area contributed by atoms with Gasteiger partial charge >= 0.3 is 0 Å². The Morgan fingerprint density at radius 1 is 1.50 bits per heavy atom. The molecule has 1 aromatic heterocycles. The van der Waals surface area contributed by atoms with Gasteiger partial charge in [0.05, 0.1) is 6.20 Å². The van der Waals surface area contributed by atoms with Crippen molar-refractivity contribution >= 4 is 17.4 Å². The molecule has 6 heteroatoms. The van der Waals surface area contributed by atoms with Gasteiger partial charge in [0, 0.05) is 12.6 Å². The molecule has 0 aliphatic carbocycles. The molecule has 5 nitrogen and oxygen atoms in total. The molecule has 0 amide bonds. The van der Waals surface area contributed by atoms with Crippen molar-refractivity contribution < 1.29 is 0 Å². The summed E-state index contributed by atoms with van der Waals surface area (Å²) in [6, 6.07) is 0.339. The van der Waals surface area contributed by atoms with Gasteiger partial charge in [-0.2, -0.15) is 10.1 Å². The Labute approximate surface area is 100 Å². The molecule has 1 aromatic rings. The van der Waals surface area contributed by atoms with E-state index in [2.05, 4.69) is 32.3 Å². The lowest BCUT2D eigenvalue weighted by Crippen LogP contribution is -2.33. The lowest BCUT2D eigenvalue weighted by atomic mass is 10.3. The third-order valence-corrected chi connectivity index (χ3v) is 2.82. The number of hydrogen-bond donors (Lipinski definition) is 1. The smallest absolute Gasteiger partial charge is 0.244 e. The molecule has 0 bridgehead atoms. The van der Waals surface area contributed by atoms with E-state index in [9.17, 15) is 0 Å². The normalized spacial score (nSPS) is 18.6. The van der Waals surface area contributed by atoms with E-state index < -0.39 is 0 Å². The summed E-state index contributed by atoms with van der Waals surface area (Å²) in [5, 5.41) is 10.8. The number of rotatable bonds is 4. The van der Waals surface area contributed by atoms with Gasteiger partial charge in [-0.15, -0.1) is 5.10 Å². The molecule has 1 aliphatic heterocycles. The van der Waals surface area contributed by atoms with Crippen LogP contribution in [-0.4, -0.2) is 45.8 Å². The zero-order valence-corrected chi connectivity index (χ0v) is 10.1. The second-order valence-electron chi connectivity index (χ2n) is 4.16. The van der Waals surface area contributed by atoms with Crippen LogP contribution in [0.15, 0.2) is 6.20 Å². The Hall–Kier alpha value is -0.940. The average molecular weight is 242 g/mol. The van der Waals surface area contributed by atoms with E-state index in [4.69, 9.17) is 11.6 Å². The fourth-order valence-electron chi connectivity index (χ4n) is 2.00. The molecule has 0 spiro atoms. The standard InChI is InChI=1S/C10H16ClN5/c1-8(7-16-4-2-3-5-16)13-9-6-12-15-10(11)14-9/h6,8H,2-5,7H2,1H3,(H,13,14,15). The van der Waals surface area contributed by atoms with E-state index in [1.807, 2.05) is 0 Å². The zero-order chi connectivity index (χ0) is 11.4. The van der Waals surface area contributed by atoms with Crippen LogP contribution in [0.4, 0.5) is 5.82 Å². The molecule has 0 saturated carbocycles. The van der Waals surface area contributed by atoms with Crippen molar-refractivity contribution in [3.63, 3.8) is 0 Å². The van der Waals surface area contributed by atoms with Crippen LogP contribution in [0.25, 0.3) is 0 Å². The third-order valence-electron chi connectivity index (χ3n) is 2.66. The van der Waals surface area contributed by atoms with E-state index in [1.54, 1.807) is 6.20 Å². The number of likely N-dealkylation sites (tertiary alicyclic amines) is 1. The second kappa shape index (κ2) is 5.41. The van der Waals surface area contributed by atoms with Gasteiger partial charge in [0.25, 0.3) is 0 Å². The molecule has 1 fully saturated rings. The molecule has 2 rings (SSSR count). The van der Waals surface area contributed by atoms with E-state index in [0.29, 0.717) is 11.9 Å². The first-order chi connectivity index (χ1) is 7.74. The molecular formula is C10H16ClN5. The molecule has 2 heterocycles. The average Bonchev–Trinajstić information content (AvgIpc) is 2.70. The van der Waals surface area contributed by atoms with Crippen molar-refractivity contribution in [1.29, 1.82) is 0 Å². The lowest BCUT2D eigenvalue weighted by Gasteiger charge is -2.21. The predicted molar refractivity (Wildman–Crippen MR) is 63.6 cm³/mol. The van der Waals surface area contributed by atoms with Crippen LogP contribution in [0.1, 0.15) is 19.8 Å². The summed E-state index contributed by atoms with van der Waals surface area (Å²) in [6.07, 6.45) is 4.22. The molecule has 1 N–H and O–H groups in total. The largest absolute Gasteiger partial charge is 0.365 e. The topological polar surface area (TPSA) is 53.9 Å². The maximum absolute atomic E-state index is 5.66. The summed E-state index contributed by atoms with van der Waals surface area (Å²) in [4.78, 5) is 6.50. The van der Waals surface area contributed by atoms with Gasteiger partial charge in [-0.3, -0.25) is 0 Å². The Morgan fingerprint density at radius 3 is 2.94 bits per heavy atom. The van der Waals surface area contributed by atoms with Crippen molar-refractivity contribution in [2.45, 2.75) is 25.8 Å². The summed E-state index contributed by atoms with van der Waals surface area (Å²) in [5.41, 5.74) is 0. The summed E-state index contributed by atoms with van der Waals surface area (Å²) >= 11 is 5.66. The van der Waals surface area contributed by atoms with Gasteiger partial charge in [0.15, 0.2) is 0 Å². The Balaban J connectivity index is 1.84. The van der Waals surface area contributed by atoms with Crippen molar-refractivity contribution in [1.82, 2.24) is 20.1 Å². The van der Waals surface area contributed by atoms with E-state index in [0.717, 1.165) is 6.54 Å². The van der Waals surface area contributed by atoms with Gasteiger partial charge in [-0.25, -0.2) is 0 Å². The number of hydrogen-bond acceptors (Lipinski definition) is 5. The van der Waals surface area contributed by atoms with Crippen molar-refractivity contribution in [3.8, 4) is 0 Å². The Bertz CT molecular complexity index is 340.